The molecular weight excluding hydrogens is 160 g/mol. The summed E-state index contributed by atoms with van der Waals surface area (Å²) in [6.45, 7) is 0. The monoisotopic (exact) mass is 172 g/mol. The van der Waals surface area contributed by atoms with Gasteiger partial charge in [-0.3, -0.25) is 0 Å². The molecule has 13 heavy (non-hydrogen) atoms. The lowest BCUT2D eigenvalue weighted by Gasteiger charge is -2.18. The Hall–Kier alpha value is -1.08. The van der Waals surface area contributed by atoms with E-state index in [0.29, 0.717) is 24.0 Å². The van der Waals surface area contributed by atoms with Crippen LogP contribution in [0.1, 0.15) is 0 Å². The van der Waals surface area contributed by atoms with Crippen LogP contribution in [0.25, 0.3) is 0 Å². The quantitative estimate of drug-likeness (QED) is 0.544. The zero-order valence-corrected chi connectivity index (χ0v) is 7.34. The number of ether oxygens (including phenoxy) is 1. The van der Waals surface area contributed by atoms with Gasteiger partial charge in [-0.2, -0.15) is 0 Å². The fourth-order valence-corrected chi connectivity index (χ4v) is 2.36. The Morgan fingerprint density at radius 3 is 1.62 bits per heavy atom. The lowest BCUT2D eigenvalue weighted by molar-refractivity contribution is 0.0884. The molecule has 1 heteroatoms. The maximum absolute atomic E-state index is 5.89. The summed E-state index contributed by atoms with van der Waals surface area (Å²) in [5, 5.41) is 0. The highest BCUT2D eigenvalue weighted by Crippen LogP contribution is 2.38. The molecular formula is C12H12O. The Labute approximate surface area is 78.1 Å². The number of hydrogen-bond acceptors (Lipinski definition) is 1. The standard InChI is InChI=1S/C12H12O/c1-3-7-11-9(5-1)10-6-2-4-8-12(10)13-11/h1-12H. The average molecular weight is 172 g/mol. The molecule has 0 radical (unpaired) electrons. The van der Waals surface area contributed by atoms with Crippen LogP contribution in [0, 0.1) is 11.8 Å². The maximum atomic E-state index is 5.89. The zero-order chi connectivity index (χ0) is 8.67. The summed E-state index contributed by atoms with van der Waals surface area (Å²) in [7, 11) is 0. The normalized spacial score (nSPS) is 44.9. The van der Waals surface area contributed by atoms with E-state index in [0.717, 1.165) is 0 Å². The van der Waals surface area contributed by atoms with Gasteiger partial charge in [0.1, 0.15) is 0 Å². The average Bonchev–Trinajstić information content (AvgIpc) is 2.56. The predicted molar refractivity (Wildman–Crippen MR) is 52.2 cm³/mol. The molecule has 1 fully saturated rings. The van der Waals surface area contributed by atoms with Crippen molar-refractivity contribution >= 4 is 0 Å². The molecule has 0 N–H and O–H groups in total. The van der Waals surface area contributed by atoms with Crippen LogP contribution in [0.4, 0.5) is 0 Å². The lowest BCUT2D eigenvalue weighted by atomic mass is 9.83. The highest BCUT2D eigenvalue weighted by molar-refractivity contribution is 5.27. The van der Waals surface area contributed by atoms with Gasteiger partial charge in [-0.05, 0) is 0 Å². The summed E-state index contributed by atoms with van der Waals surface area (Å²) in [6.07, 6.45) is 17.8. The minimum atomic E-state index is 0.299. The van der Waals surface area contributed by atoms with Crippen molar-refractivity contribution in [2.45, 2.75) is 12.2 Å². The van der Waals surface area contributed by atoms with Crippen molar-refractivity contribution in [1.82, 2.24) is 0 Å². The summed E-state index contributed by atoms with van der Waals surface area (Å²) in [5.41, 5.74) is 0. The van der Waals surface area contributed by atoms with Crippen molar-refractivity contribution in [3.05, 3.63) is 48.6 Å². The van der Waals surface area contributed by atoms with Crippen molar-refractivity contribution in [1.29, 1.82) is 0 Å². The molecule has 1 nitrogen and oxygen atoms in total. The van der Waals surface area contributed by atoms with Gasteiger partial charge in [0.05, 0.1) is 12.2 Å². The number of allylic oxidation sites excluding steroid dienone is 4. The number of hydrogen-bond donors (Lipinski definition) is 0. The Kier molecular flexibility index (Phi) is 1.53. The minimum absolute atomic E-state index is 0.299. The van der Waals surface area contributed by atoms with E-state index in [1.165, 1.54) is 0 Å². The predicted octanol–water partition coefficient (Wildman–Crippen LogP) is 2.24. The van der Waals surface area contributed by atoms with Gasteiger partial charge >= 0.3 is 0 Å². The molecule has 66 valence electrons. The van der Waals surface area contributed by atoms with Gasteiger partial charge in [0, 0.05) is 11.8 Å². The second-order valence-electron chi connectivity index (χ2n) is 3.76. The van der Waals surface area contributed by atoms with E-state index >= 15 is 0 Å². The van der Waals surface area contributed by atoms with E-state index in [-0.39, 0.29) is 0 Å². The molecule has 1 aliphatic heterocycles. The van der Waals surface area contributed by atoms with Gasteiger partial charge in [-0.15, -0.1) is 0 Å². The fourth-order valence-electron chi connectivity index (χ4n) is 2.36. The highest BCUT2D eigenvalue weighted by Gasteiger charge is 2.40. The molecule has 3 aliphatic rings. The molecule has 1 saturated heterocycles. The van der Waals surface area contributed by atoms with E-state index in [1.54, 1.807) is 0 Å². The Balaban J connectivity index is 1.95. The second kappa shape index (κ2) is 2.71. The van der Waals surface area contributed by atoms with Gasteiger partial charge in [-0.1, -0.05) is 48.6 Å². The molecule has 2 aliphatic carbocycles. The van der Waals surface area contributed by atoms with Gasteiger partial charge in [0.2, 0.25) is 0 Å². The Morgan fingerprint density at radius 1 is 0.615 bits per heavy atom. The molecule has 3 rings (SSSR count). The SMILES string of the molecule is C1=CC2OC3C=CC=CC3C2C=C1. The van der Waals surface area contributed by atoms with Crippen LogP contribution < -0.4 is 0 Å². The van der Waals surface area contributed by atoms with Gasteiger partial charge in [-0.25, -0.2) is 0 Å². The Morgan fingerprint density at radius 2 is 1.08 bits per heavy atom. The Bertz CT molecular complexity index is 290. The number of fused-ring (bicyclic) bond motifs is 3. The fraction of sp³-hybridized carbons (Fsp3) is 0.333. The molecule has 0 spiro atoms. The van der Waals surface area contributed by atoms with Crippen LogP contribution in [0.15, 0.2) is 48.6 Å². The molecule has 1 heterocycles. The largest absolute Gasteiger partial charge is 0.366 e. The molecule has 0 bridgehead atoms. The first-order chi connectivity index (χ1) is 6.45. The summed E-state index contributed by atoms with van der Waals surface area (Å²) >= 11 is 0. The van der Waals surface area contributed by atoms with Crippen LogP contribution in [0.5, 0.6) is 0 Å². The minimum Gasteiger partial charge on any atom is -0.366 e. The van der Waals surface area contributed by atoms with E-state index in [9.17, 15) is 0 Å². The molecule has 0 saturated carbocycles. The first-order valence-electron chi connectivity index (χ1n) is 4.80. The lowest BCUT2D eigenvalue weighted by Crippen LogP contribution is -2.18. The third-order valence-corrected chi connectivity index (χ3v) is 3.01. The summed E-state index contributed by atoms with van der Waals surface area (Å²) in [6, 6.07) is 0. The summed E-state index contributed by atoms with van der Waals surface area (Å²) in [4.78, 5) is 0. The van der Waals surface area contributed by atoms with E-state index < -0.39 is 0 Å². The number of rotatable bonds is 0. The van der Waals surface area contributed by atoms with Crippen LogP contribution >= 0.6 is 0 Å². The van der Waals surface area contributed by atoms with Gasteiger partial charge in [0.15, 0.2) is 0 Å². The van der Waals surface area contributed by atoms with E-state index in [4.69, 9.17) is 4.74 Å². The van der Waals surface area contributed by atoms with Crippen LogP contribution in [-0.2, 0) is 4.74 Å². The highest BCUT2D eigenvalue weighted by atomic mass is 16.5. The van der Waals surface area contributed by atoms with E-state index in [1.807, 2.05) is 0 Å². The van der Waals surface area contributed by atoms with Crippen molar-refractivity contribution in [3.8, 4) is 0 Å². The maximum Gasteiger partial charge on any atom is 0.0836 e. The molecule has 0 aromatic heterocycles. The molecule has 4 unspecified atom stereocenters. The van der Waals surface area contributed by atoms with Crippen molar-refractivity contribution in [2.24, 2.45) is 11.8 Å². The topological polar surface area (TPSA) is 9.23 Å². The van der Waals surface area contributed by atoms with Crippen molar-refractivity contribution < 1.29 is 4.74 Å². The first kappa shape index (κ1) is 7.34. The van der Waals surface area contributed by atoms with Crippen molar-refractivity contribution in [3.63, 3.8) is 0 Å². The molecule has 4 atom stereocenters. The van der Waals surface area contributed by atoms with Gasteiger partial charge in [0.25, 0.3) is 0 Å². The first-order valence-corrected chi connectivity index (χ1v) is 4.80. The van der Waals surface area contributed by atoms with Crippen LogP contribution in [-0.4, -0.2) is 12.2 Å². The van der Waals surface area contributed by atoms with E-state index in [2.05, 4.69) is 48.6 Å². The summed E-state index contributed by atoms with van der Waals surface area (Å²) in [5.74, 6) is 1.10. The molecule has 0 aromatic rings. The molecule has 0 amide bonds. The third-order valence-electron chi connectivity index (χ3n) is 3.01. The third kappa shape index (κ3) is 1.04. The smallest absolute Gasteiger partial charge is 0.0836 e. The van der Waals surface area contributed by atoms with Crippen molar-refractivity contribution in [2.75, 3.05) is 0 Å². The van der Waals surface area contributed by atoms with Crippen LogP contribution in [0.2, 0.25) is 0 Å². The zero-order valence-electron chi connectivity index (χ0n) is 7.34. The van der Waals surface area contributed by atoms with Gasteiger partial charge < -0.3 is 4.74 Å². The van der Waals surface area contributed by atoms with Crippen LogP contribution in [0.3, 0.4) is 0 Å². The molecule has 0 aromatic carbocycles. The summed E-state index contributed by atoms with van der Waals surface area (Å²) < 4.78 is 5.89. The second-order valence-corrected chi connectivity index (χ2v) is 3.76.